The van der Waals surface area contributed by atoms with Gasteiger partial charge in [0.2, 0.25) is 12.3 Å². The fraction of sp³-hybridized carbons (Fsp3) is 0. The highest BCUT2D eigenvalue weighted by atomic mass is 16.4. The lowest BCUT2D eigenvalue weighted by Gasteiger charge is -1.94. The van der Waals surface area contributed by atoms with E-state index in [0.29, 0.717) is 11.6 Å². The van der Waals surface area contributed by atoms with Crippen LogP contribution in [0.3, 0.4) is 0 Å². The minimum atomic E-state index is 0.488. The van der Waals surface area contributed by atoms with E-state index in [2.05, 4.69) is 10.2 Å². The van der Waals surface area contributed by atoms with Gasteiger partial charge in [0.05, 0.1) is 0 Å². The summed E-state index contributed by atoms with van der Waals surface area (Å²) in [6.07, 6.45) is 1.29. The Labute approximate surface area is 69.0 Å². The summed E-state index contributed by atoms with van der Waals surface area (Å²) in [4.78, 5) is 0. The van der Waals surface area contributed by atoms with Gasteiger partial charge < -0.3 is 10.2 Å². The van der Waals surface area contributed by atoms with Crippen molar-refractivity contribution in [2.45, 2.75) is 0 Å². The molecule has 0 amide bonds. The first-order valence-electron chi connectivity index (χ1n) is 3.48. The minimum absolute atomic E-state index is 0.488. The Balaban J connectivity index is 2.48. The molecule has 60 valence electrons. The Morgan fingerprint density at radius 2 is 2.25 bits per heavy atom. The maximum atomic E-state index is 5.57. The molecule has 0 aliphatic carbocycles. The van der Waals surface area contributed by atoms with Crippen molar-refractivity contribution in [2.75, 3.05) is 5.73 Å². The first-order chi connectivity index (χ1) is 5.86. The molecular weight excluding hydrogens is 154 g/mol. The van der Waals surface area contributed by atoms with Crippen molar-refractivity contribution in [1.82, 2.24) is 10.2 Å². The lowest BCUT2D eigenvalue weighted by atomic mass is 10.2. The molecular formula is C8H7N3O. The molecule has 0 unspecified atom stereocenters. The number of hydrogen-bond donors (Lipinski definition) is 1. The largest absolute Gasteiger partial charge is 0.423 e. The minimum Gasteiger partial charge on any atom is -0.423 e. The predicted octanol–water partition coefficient (Wildman–Crippen LogP) is 1.32. The van der Waals surface area contributed by atoms with Gasteiger partial charge in [-0.25, -0.2) is 0 Å². The Bertz CT molecular complexity index is 370. The highest BCUT2D eigenvalue weighted by Gasteiger charge is 2.01. The molecule has 0 aliphatic rings. The number of nitrogen functional groups attached to an aromatic ring is 1. The van der Waals surface area contributed by atoms with Gasteiger partial charge in [-0.15, -0.1) is 10.2 Å². The van der Waals surface area contributed by atoms with Crippen LogP contribution in [0.1, 0.15) is 0 Å². The Morgan fingerprint density at radius 3 is 2.92 bits per heavy atom. The van der Waals surface area contributed by atoms with Crippen molar-refractivity contribution in [3.05, 3.63) is 30.7 Å². The number of nitrogens with zero attached hydrogens (tertiary/aromatic N) is 2. The fourth-order valence-electron chi connectivity index (χ4n) is 0.971. The lowest BCUT2D eigenvalue weighted by molar-refractivity contribution is 0.568. The topological polar surface area (TPSA) is 64.9 Å². The van der Waals surface area contributed by atoms with Gasteiger partial charge in [0.1, 0.15) is 0 Å². The van der Waals surface area contributed by atoms with Crippen molar-refractivity contribution in [3.63, 3.8) is 0 Å². The van der Waals surface area contributed by atoms with Crippen molar-refractivity contribution in [3.8, 4) is 11.5 Å². The SMILES string of the molecule is Nc1cccc(-c2nnco2)c1. The number of rotatable bonds is 1. The third-order valence-electron chi connectivity index (χ3n) is 1.49. The van der Waals surface area contributed by atoms with Crippen LogP contribution in [0.5, 0.6) is 0 Å². The summed E-state index contributed by atoms with van der Waals surface area (Å²) in [5, 5.41) is 7.33. The van der Waals surface area contributed by atoms with Crippen molar-refractivity contribution in [2.24, 2.45) is 0 Å². The van der Waals surface area contributed by atoms with Gasteiger partial charge in [0, 0.05) is 11.3 Å². The van der Waals surface area contributed by atoms with Crippen LogP contribution in [0.4, 0.5) is 5.69 Å². The quantitative estimate of drug-likeness (QED) is 0.640. The molecule has 1 heterocycles. The van der Waals surface area contributed by atoms with E-state index in [1.807, 2.05) is 12.1 Å². The zero-order valence-electron chi connectivity index (χ0n) is 6.27. The van der Waals surface area contributed by atoms with Crippen molar-refractivity contribution in [1.29, 1.82) is 0 Å². The number of hydrogen-bond acceptors (Lipinski definition) is 4. The molecule has 2 N–H and O–H groups in total. The summed E-state index contributed by atoms with van der Waals surface area (Å²) in [5.74, 6) is 0.488. The van der Waals surface area contributed by atoms with Crippen molar-refractivity contribution < 1.29 is 4.42 Å². The summed E-state index contributed by atoms with van der Waals surface area (Å²) in [6, 6.07) is 7.30. The second kappa shape index (κ2) is 2.65. The van der Waals surface area contributed by atoms with E-state index in [1.165, 1.54) is 6.39 Å². The second-order valence-corrected chi connectivity index (χ2v) is 2.37. The standard InChI is InChI=1S/C8H7N3O/c9-7-3-1-2-6(4-7)8-11-10-5-12-8/h1-5H,9H2. The molecule has 0 saturated heterocycles. The number of nitrogens with two attached hydrogens (primary N) is 1. The van der Waals surface area contributed by atoms with E-state index in [4.69, 9.17) is 10.2 Å². The third-order valence-corrected chi connectivity index (χ3v) is 1.49. The van der Waals surface area contributed by atoms with E-state index in [-0.39, 0.29) is 0 Å². The van der Waals surface area contributed by atoms with Crippen LogP contribution in [0.25, 0.3) is 11.5 Å². The molecule has 4 nitrogen and oxygen atoms in total. The maximum Gasteiger partial charge on any atom is 0.247 e. The molecule has 0 atom stereocenters. The van der Waals surface area contributed by atoms with Crippen LogP contribution in [-0.4, -0.2) is 10.2 Å². The molecule has 0 bridgehead atoms. The molecule has 1 aromatic heterocycles. The number of benzene rings is 1. The van der Waals surface area contributed by atoms with E-state index in [9.17, 15) is 0 Å². The van der Waals surface area contributed by atoms with Gasteiger partial charge in [-0.3, -0.25) is 0 Å². The molecule has 2 aromatic rings. The van der Waals surface area contributed by atoms with E-state index >= 15 is 0 Å². The average molecular weight is 161 g/mol. The Kier molecular flexibility index (Phi) is 1.51. The number of aromatic nitrogens is 2. The first kappa shape index (κ1) is 6.84. The molecule has 0 saturated carbocycles. The molecule has 4 heteroatoms. The van der Waals surface area contributed by atoms with Gasteiger partial charge in [0.25, 0.3) is 0 Å². The van der Waals surface area contributed by atoms with Crippen LogP contribution in [0.2, 0.25) is 0 Å². The Morgan fingerprint density at radius 1 is 1.33 bits per heavy atom. The average Bonchev–Trinajstić information content (AvgIpc) is 2.56. The van der Waals surface area contributed by atoms with E-state index < -0.39 is 0 Å². The molecule has 0 spiro atoms. The van der Waals surface area contributed by atoms with Crippen LogP contribution >= 0.6 is 0 Å². The summed E-state index contributed by atoms with van der Waals surface area (Å²) in [6.45, 7) is 0. The number of anilines is 1. The van der Waals surface area contributed by atoms with Crippen LogP contribution in [0, 0.1) is 0 Å². The van der Waals surface area contributed by atoms with Gasteiger partial charge in [-0.1, -0.05) is 6.07 Å². The Hall–Kier alpha value is -1.84. The highest BCUT2D eigenvalue weighted by molar-refractivity contribution is 5.58. The summed E-state index contributed by atoms with van der Waals surface area (Å²) in [5.41, 5.74) is 7.10. The van der Waals surface area contributed by atoms with Gasteiger partial charge in [-0.05, 0) is 18.2 Å². The normalized spacial score (nSPS) is 10.0. The van der Waals surface area contributed by atoms with Gasteiger partial charge in [0.15, 0.2) is 0 Å². The van der Waals surface area contributed by atoms with Crippen molar-refractivity contribution >= 4 is 5.69 Å². The third kappa shape index (κ3) is 1.14. The lowest BCUT2D eigenvalue weighted by Crippen LogP contribution is -1.84. The second-order valence-electron chi connectivity index (χ2n) is 2.37. The predicted molar refractivity (Wildman–Crippen MR) is 44.1 cm³/mol. The van der Waals surface area contributed by atoms with E-state index in [0.717, 1.165) is 5.56 Å². The van der Waals surface area contributed by atoms with Crippen LogP contribution in [0.15, 0.2) is 35.1 Å². The molecule has 0 radical (unpaired) electrons. The molecule has 12 heavy (non-hydrogen) atoms. The fourth-order valence-corrected chi connectivity index (χ4v) is 0.971. The zero-order valence-corrected chi connectivity index (χ0v) is 6.27. The summed E-state index contributed by atoms with van der Waals surface area (Å²) < 4.78 is 5.00. The van der Waals surface area contributed by atoms with Crippen LogP contribution in [-0.2, 0) is 0 Å². The molecule has 1 aromatic carbocycles. The first-order valence-corrected chi connectivity index (χ1v) is 3.48. The van der Waals surface area contributed by atoms with E-state index in [1.54, 1.807) is 12.1 Å². The zero-order chi connectivity index (χ0) is 8.39. The maximum absolute atomic E-state index is 5.57. The monoisotopic (exact) mass is 161 g/mol. The summed E-state index contributed by atoms with van der Waals surface area (Å²) >= 11 is 0. The molecule has 0 aliphatic heterocycles. The summed E-state index contributed by atoms with van der Waals surface area (Å²) in [7, 11) is 0. The van der Waals surface area contributed by atoms with Gasteiger partial charge in [-0.2, -0.15) is 0 Å². The molecule has 0 fully saturated rings. The van der Waals surface area contributed by atoms with Gasteiger partial charge >= 0.3 is 0 Å². The smallest absolute Gasteiger partial charge is 0.247 e. The van der Waals surface area contributed by atoms with Crippen LogP contribution < -0.4 is 5.73 Å². The highest BCUT2D eigenvalue weighted by Crippen LogP contribution is 2.17. The molecule has 2 rings (SSSR count).